The van der Waals surface area contributed by atoms with Crippen LogP contribution in [0.1, 0.15) is 55.3 Å². The molecular formula is C25H33IN2O7. The van der Waals surface area contributed by atoms with Crippen molar-refractivity contribution in [1.82, 2.24) is 4.90 Å². The molecule has 0 spiro atoms. The molecule has 4 rings (SSSR count). The Morgan fingerprint density at radius 1 is 1.26 bits per heavy atom. The van der Waals surface area contributed by atoms with Crippen LogP contribution in [0.4, 0.5) is 10.5 Å². The van der Waals surface area contributed by atoms with Gasteiger partial charge in [-0.15, -0.1) is 0 Å². The van der Waals surface area contributed by atoms with Crippen LogP contribution in [0.5, 0.6) is 11.5 Å². The summed E-state index contributed by atoms with van der Waals surface area (Å²) in [5.41, 5.74) is 1.32. The molecule has 2 fully saturated rings. The van der Waals surface area contributed by atoms with Gasteiger partial charge in [0.25, 0.3) is 5.91 Å². The molecule has 9 nitrogen and oxygen atoms in total. The van der Waals surface area contributed by atoms with Crippen LogP contribution in [0.3, 0.4) is 0 Å². The van der Waals surface area contributed by atoms with Crippen LogP contribution < -0.4 is 14.4 Å². The number of ether oxygens (including phenoxy) is 4. The summed E-state index contributed by atoms with van der Waals surface area (Å²) in [5, 5.41) is 10.4. The summed E-state index contributed by atoms with van der Waals surface area (Å²) in [5.74, 6) is 0.511. The summed E-state index contributed by atoms with van der Waals surface area (Å²) >= 11 is 2.35. The highest BCUT2D eigenvalue weighted by molar-refractivity contribution is 14.1. The van der Waals surface area contributed by atoms with Gasteiger partial charge in [-0.05, 0) is 55.4 Å². The third-order valence-electron chi connectivity index (χ3n) is 6.58. The van der Waals surface area contributed by atoms with E-state index in [0.29, 0.717) is 44.1 Å². The summed E-state index contributed by atoms with van der Waals surface area (Å²) in [6.07, 6.45) is 3.34. The van der Waals surface area contributed by atoms with Crippen molar-refractivity contribution in [2.24, 2.45) is 0 Å². The maximum absolute atomic E-state index is 13.7. The van der Waals surface area contributed by atoms with Crippen LogP contribution in [-0.4, -0.2) is 71.9 Å². The average Bonchev–Trinajstić information content (AvgIpc) is 3.21. The molecule has 35 heavy (non-hydrogen) atoms. The van der Waals surface area contributed by atoms with Gasteiger partial charge in [0.2, 0.25) is 0 Å². The third-order valence-corrected chi connectivity index (χ3v) is 7.34. The summed E-state index contributed by atoms with van der Waals surface area (Å²) < 4.78 is 24.7. The van der Waals surface area contributed by atoms with Gasteiger partial charge in [-0.1, -0.05) is 34.7 Å². The number of alkyl halides is 1. The number of carbonyl (C=O) groups excluding carboxylic acids is 1. The fourth-order valence-corrected chi connectivity index (χ4v) is 5.39. The zero-order valence-electron chi connectivity index (χ0n) is 20.0. The number of anilines is 1. The van der Waals surface area contributed by atoms with Gasteiger partial charge in [0.05, 0.1) is 31.0 Å². The number of hydrogen-bond donors (Lipinski definition) is 1. The first-order valence-corrected chi connectivity index (χ1v) is 13.6. The Labute approximate surface area is 219 Å². The maximum Gasteiger partial charge on any atom is 0.414 e. The topological polar surface area (TPSA) is 97.8 Å². The summed E-state index contributed by atoms with van der Waals surface area (Å²) in [4.78, 5) is 29.1. The van der Waals surface area contributed by atoms with Crippen molar-refractivity contribution in [1.29, 1.82) is 0 Å². The largest absolute Gasteiger partial charge is 0.493 e. The van der Waals surface area contributed by atoms with E-state index in [2.05, 4.69) is 29.2 Å². The molecule has 3 atom stereocenters. The zero-order chi connectivity index (χ0) is 24.9. The fraction of sp³-hybridized carbons (Fsp3) is 0.600. The number of rotatable bonds is 9. The monoisotopic (exact) mass is 600 g/mol. The molecule has 1 aromatic carbocycles. The van der Waals surface area contributed by atoms with Crippen molar-refractivity contribution in [3.8, 4) is 11.5 Å². The minimum Gasteiger partial charge on any atom is -0.493 e. The predicted molar refractivity (Wildman–Crippen MR) is 139 cm³/mol. The molecule has 0 aliphatic carbocycles. The van der Waals surface area contributed by atoms with E-state index >= 15 is 0 Å². The van der Waals surface area contributed by atoms with Gasteiger partial charge in [-0.3, -0.25) is 4.79 Å². The Kier molecular flexibility index (Phi) is 8.77. The normalized spacial score (nSPS) is 24.1. The molecular weight excluding hydrogens is 567 g/mol. The number of benzene rings is 1. The molecule has 192 valence electrons. The standard InChI is InChI=1S/C25H33IN2O7/c1-16-12-19-24(35-22-8-4-7-11-34-22)28(25(30)31)18-14-21(33-10-6-3-5-9-26)20(32-2)13-17(18)23(29)27(19)15-16/h13-14,19,22,24H,1,3-12,15H2,2H3,(H,30,31)/t19-,22?,24-/m0/s1. The highest BCUT2D eigenvalue weighted by Gasteiger charge is 2.48. The average molecular weight is 600 g/mol. The Balaban J connectivity index is 1.73. The highest BCUT2D eigenvalue weighted by atomic mass is 127. The Morgan fingerprint density at radius 2 is 2.09 bits per heavy atom. The Bertz CT molecular complexity index is 950. The third kappa shape index (κ3) is 5.69. The van der Waals surface area contributed by atoms with Gasteiger partial charge in [-0.25, -0.2) is 9.69 Å². The molecule has 3 aliphatic heterocycles. The molecule has 1 N–H and O–H groups in total. The second kappa shape index (κ2) is 11.8. The van der Waals surface area contributed by atoms with E-state index in [1.807, 2.05) is 0 Å². The summed E-state index contributed by atoms with van der Waals surface area (Å²) in [7, 11) is 1.51. The quantitative estimate of drug-likeness (QED) is 0.188. The number of methoxy groups -OCH3 is 1. The molecule has 2 saturated heterocycles. The minimum atomic E-state index is -1.21. The SMILES string of the molecule is C=C1C[C@H]2[C@H](OC3CCCCO3)N(C(=O)O)c3cc(OCCCCCI)c(OC)cc3C(=O)N2C1. The van der Waals surface area contributed by atoms with Gasteiger partial charge in [0.1, 0.15) is 0 Å². The lowest BCUT2D eigenvalue weighted by Gasteiger charge is -2.37. The van der Waals surface area contributed by atoms with E-state index in [0.717, 1.165) is 47.0 Å². The highest BCUT2D eigenvalue weighted by Crippen LogP contribution is 2.43. The van der Waals surface area contributed by atoms with Crippen molar-refractivity contribution >= 4 is 40.3 Å². The molecule has 0 saturated carbocycles. The molecule has 1 unspecified atom stereocenters. The summed E-state index contributed by atoms with van der Waals surface area (Å²) in [6, 6.07) is 2.66. The van der Waals surface area contributed by atoms with Crippen LogP contribution >= 0.6 is 22.6 Å². The van der Waals surface area contributed by atoms with Crippen molar-refractivity contribution in [2.45, 2.75) is 63.5 Å². The van der Waals surface area contributed by atoms with Gasteiger partial charge >= 0.3 is 6.09 Å². The van der Waals surface area contributed by atoms with Crippen molar-refractivity contribution in [3.05, 3.63) is 29.8 Å². The van der Waals surface area contributed by atoms with Crippen LogP contribution in [-0.2, 0) is 9.47 Å². The number of unbranched alkanes of at least 4 members (excludes halogenated alkanes) is 2. The van der Waals surface area contributed by atoms with Gasteiger partial charge in [-0.2, -0.15) is 0 Å². The van der Waals surface area contributed by atoms with Crippen LogP contribution in [0, 0.1) is 0 Å². The van der Waals surface area contributed by atoms with E-state index in [1.54, 1.807) is 17.0 Å². The number of amides is 2. The molecule has 3 heterocycles. The van der Waals surface area contributed by atoms with E-state index in [4.69, 9.17) is 18.9 Å². The molecule has 3 aliphatic rings. The van der Waals surface area contributed by atoms with Gasteiger partial charge in [0, 0.05) is 19.2 Å². The Hall–Kier alpha value is -2.05. The van der Waals surface area contributed by atoms with E-state index in [9.17, 15) is 14.7 Å². The molecule has 10 heteroatoms. The lowest BCUT2D eigenvalue weighted by Crippen LogP contribution is -2.53. The van der Waals surface area contributed by atoms with E-state index in [-0.39, 0.29) is 17.2 Å². The first-order chi connectivity index (χ1) is 16.9. The predicted octanol–water partition coefficient (Wildman–Crippen LogP) is 4.82. The lowest BCUT2D eigenvalue weighted by atomic mass is 10.1. The molecule has 0 aromatic heterocycles. The molecule has 1 aromatic rings. The fourth-order valence-electron chi connectivity index (χ4n) is 4.85. The van der Waals surface area contributed by atoms with E-state index in [1.165, 1.54) is 7.11 Å². The zero-order valence-corrected chi connectivity index (χ0v) is 22.2. The van der Waals surface area contributed by atoms with Crippen LogP contribution in [0.2, 0.25) is 0 Å². The number of hydrogen-bond acceptors (Lipinski definition) is 6. The Morgan fingerprint density at radius 3 is 2.77 bits per heavy atom. The summed E-state index contributed by atoms with van der Waals surface area (Å²) in [6.45, 7) is 5.44. The molecule has 2 amide bonds. The first-order valence-electron chi connectivity index (χ1n) is 12.1. The van der Waals surface area contributed by atoms with Gasteiger partial charge in [0.15, 0.2) is 24.0 Å². The number of fused-ring (bicyclic) bond motifs is 2. The number of carbonyl (C=O) groups is 2. The first kappa shape index (κ1) is 26.0. The lowest BCUT2D eigenvalue weighted by molar-refractivity contribution is -0.195. The van der Waals surface area contributed by atoms with Gasteiger partial charge < -0.3 is 29.0 Å². The van der Waals surface area contributed by atoms with E-state index < -0.39 is 24.7 Å². The van der Waals surface area contributed by atoms with Crippen molar-refractivity contribution in [2.75, 3.05) is 36.2 Å². The van der Waals surface area contributed by atoms with Crippen LogP contribution in [0.25, 0.3) is 0 Å². The molecule has 0 radical (unpaired) electrons. The second-order valence-electron chi connectivity index (χ2n) is 9.05. The molecule has 0 bridgehead atoms. The minimum absolute atomic E-state index is 0.228. The smallest absolute Gasteiger partial charge is 0.414 e. The van der Waals surface area contributed by atoms with Crippen molar-refractivity contribution < 1.29 is 33.6 Å². The van der Waals surface area contributed by atoms with Crippen LogP contribution in [0.15, 0.2) is 24.3 Å². The van der Waals surface area contributed by atoms with Crippen molar-refractivity contribution in [3.63, 3.8) is 0 Å². The maximum atomic E-state index is 13.7. The number of carboxylic acid groups (broad SMARTS) is 1. The number of nitrogens with zero attached hydrogens (tertiary/aromatic N) is 2. The second-order valence-corrected chi connectivity index (χ2v) is 10.1. The number of halogens is 1.